The van der Waals surface area contributed by atoms with Gasteiger partial charge in [0.2, 0.25) is 17.8 Å². The number of benzene rings is 1. The normalized spacial score (nSPS) is 34.8. The van der Waals surface area contributed by atoms with E-state index in [2.05, 4.69) is 4.98 Å². The molecule has 8 atom stereocenters. The fourth-order valence-electron chi connectivity index (χ4n) is 8.81. The number of rotatable bonds is 4. The molecule has 5 fully saturated rings. The number of para-hydroxylation sites is 1. The largest absolute Gasteiger partial charge is 0.456 e. The number of pyridine rings is 1. The second-order valence-electron chi connectivity index (χ2n) is 14.1. The van der Waals surface area contributed by atoms with Crippen molar-refractivity contribution in [3.05, 3.63) is 52.4 Å². The van der Waals surface area contributed by atoms with Crippen LogP contribution in [-0.4, -0.2) is 58.0 Å². The van der Waals surface area contributed by atoms with E-state index in [0.717, 1.165) is 12.1 Å². The van der Waals surface area contributed by atoms with E-state index in [1.54, 1.807) is 11.8 Å². The molecular formula is C33H35F9N2O5. The molecule has 5 aliphatic heterocycles. The number of aliphatic hydroxyl groups is 1. The van der Waals surface area contributed by atoms with Crippen LogP contribution in [0, 0.1) is 17.8 Å². The highest BCUT2D eigenvalue weighted by Crippen LogP contribution is 2.61. The van der Waals surface area contributed by atoms with E-state index in [1.807, 2.05) is 6.92 Å². The minimum absolute atomic E-state index is 0.0395. The van der Waals surface area contributed by atoms with Gasteiger partial charge in [-0.3, -0.25) is 4.90 Å². The Morgan fingerprint density at radius 2 is 1.71 bits per heavy atom. The Hall–Kier alpha value is -2.66. The molecule has 270 valence electrons. The Morgan fingerprint density at radius 3 is 2.41 bits per heavy atom. The van der Waals surface area contributed by atoms with Gasteiger partial charge >= 0.3 is 18.5 Å². The number of piperidine rings is 1. The highest BCUT2D eigenvalue weighted by atomic mass is 19.4. The Bertz CT molecular complexity index is 1650. The molecule has 6 heterocycles. The lowest BCUT2D eigenvalue weighted by atomic mass is 9.59. The van der Waals surface area contributed by atoms with Crippen LogP contribution in [0.2, 0.25) is 0 Å². The van der Waals surface area contributed by atoms with Gasteiger partial charge in [-0.2, -0.15) is 39.5 Å². The summed E-state index contributed by atoms with van der Waals surface area (Å²) in [7, 11) is 0. The number of hydrogen-bond donors (Lipinski definition) is 1. The maximum Gasteiger partial charge on any atom is 0.449 e. The van der Waals surface area contributed by atoms with Crippen molar-refractivity contribution in [1.29, 1.82) is 0 Å². The molecule has 49 heavy (non-hydrogen) atoms. The number of likely N-dealkylation sites (tertiary alicyclic amines) is 1. The second-order valence-corrected chi connectivity index (χ2v) is 14.1. The summed E-state index contributed by atoms with van der Waals surface area (Å²) in [6, 6.07) is 2.23. The summed E-state index contributed by atoms with van der Waals surface area (Å²) < 4.78 is 140. The highest BCUT2D eigenvalue weighted by molar-refractivity contribution is 5.86. The van der Waals surface area contributed by atoms with Crippen LogP contribution >= 0.6 is 0 Å². The molecule has 2 aromatic rings. The molecule has 1 aromatic heterocycles. The number of nitrogens with zero attached hydrogens (tertiary/aromatic N) is 2. The number of aliphatic hydroxyl groups excluding tert-OH is 1. The van der Waals surface area contributed by atoms with E-state index in [1.165, 1.54) is 0 Å². The minimum atomic E-state index is -5.15. The lowest BCUT2D eigenvalue weighted by Gasteiger charge is -2.58. The Kier molecular flexibility index (Phi) is 8.29. The lowest BCUT2D eigenvalue weighted by molar-refractivity contribution is -0.557. The number of allylic oxidation sites excluding steroid dienone is 1. The molecule has 1 saturated carbocycles. The number of aromatic nitrogens is 1. The van der Waals surface area contributed by atoms with Gasteiger partial charge in [-0.15, -0.1) is 0 Å². The Morgan fingerprint density at radius 1 is 0.959 bits per heavy atom. The predicted molar refractivity (Wildman–Crippen MR) is 153 cm³/mol. The van der Waals surface area contributed by atoms with Gasteiger partial charge in [-0.1, -0.05) is 25.5 Å². The molecule has 1 aliphatic carbocycles. The van der Waals surface area contributed by atoms with E-state index < -0.39 is 82.4 Å². The summed E-state index contributed by atoms with van der Waals surface area (Å²) in [5, 5.41) is 11.4. The lowest BCUT2D eigenvalue weighted by Crippen LogP contribution is -2.68. The number of hydrogen-bond acceptors (Lipinski definition) is 7. The van der Waals surface area contributed by atoms with Gasteiger partial charge in [-0.25, -0.2) is 14.8 Å². The van der Waals surface area contributed by atoms with E-state index in [4.69, 9.17) is 19.2 Å². The van der Waals surface area contributed by atoms with Crippen molar-refractivity contribution < 1.29 is 63.9 Å². The molecule has 1 N–H and O–H groups in total. The van der Waals surface area contributed by atoms with Crippen LogP contribution < -0.4 is 0 Å². The first-order valence-corrected chi connectivity index (χ1v) is 16.4. The van der Waals surface area contributed by atoms with Crippen molar-refractivity contribution in [2.45, 2.75) is 107 Å². The van der Waals surface area contributed by atoms with Gasteiger partial charge in [0, 0.05) is 36.2 Å². The summed E-state index contributed by atoms with van der Waals surface area (Å²) in [5.74, 6) is -3.68. The van der Waals surface area contributed by atoms with E-state index in [9.17, 15) is 44.6 Å². The molecule has 8 rings (SSSR count). The molecule has 0 amide bonds. The van der Waals surface area contributed by atoms with Crippen LogP contribution in [0.25, 0.3) is 10.9 Å². The van der Waals surface area contributed by atoms with Gasteiger partial charge in [0.05, 0.1) is 17.2 Å². The smallest absolute Gasteiger partial charge is 0.449 e. The number of fused-ring (bicyclic) bond motifs is 3. The molecule has 6 aliphatic rings. The third kappa shape index (κ3) is 5.78. The van der Waals surface area contributed by atoms with Crippen molar-refractivity contribution in [2.24, 2.45) is 17.8 Å². The summed E-state index contributed by atoms with van der Waals surface area (Å²) in [6.45, 7) is 3.35. The zero-order valence-electron chi connectivity index (χ0n) is 26.5. The number of ether oxygens (including phenoxy) is 2. The highest BCUT2D eigenvalue weighted by Gasteiger charge is 2.70. The van der Waals surface area contributed by atoms with Gasteiger partial charge < -0.3 is 14.6 Å². The molecule has 1 spiro atoms. The molecular weight excluding hydrogens is 675 g/mol. The molecule has 7 nitrogen and oxygen atoms in total. The Labute approximate surface area is 275 Å². The average molecular weight is 711 g/mol. The van der Waals surface area contributed by atoms with Crippen LogP contribution in [0.5, 0.6) is 0 Å². The van der Waals surface area contributed by atoms with E-state index >= 15 is 0 Å². The van der Waals surface area contributed by atoms with Gasteiger partial charge in [0.25, 0.3) is 0 Å². The topological polar surface area (TPSA) is 73.3 Å². The average Bonchev–Trinajstić information content (AvgIpc) is 3.25. The van der Waals surface area contributed by atoms with Gasteiger partial charge in [-0.05, 0) is 74.8 Å². The van der Waals surface area contributed by atoms with Crippen molar-refractivity contribution >= 4 is 10.9 Å². The summed E-state index contributed by atoms with van der Waals surface area (Å²) in [4.78, 5) is 16.6. The molecule has 4 saturated heterocycles. The minimum Gasteiger partial charge on any atom is -0.456 e. The number of alkyl halides is 9. The van der Waals surface area contributed by atoms with Crippen LogP contribution in [0.3, 0.4) is 0 Å². The van der Waals surface area contributed by atoms with Crippen molar-refractivity contribution in [3.63, 3.8) is 0 Å². The van der Waals surface area contributed by atoms with Crippen LogP contribution in [-0.2, 0) is 31.6 Å². The SMILES string of the molecule is C[C@@H]1CC[C@H]2C(CN3CCCCC3[C@H](O)c3cc(C(F)(F)F)nc4c(C(F)(F)F)cccc34)=C(C(F)(F)F)O[C@@H]3O[C@@]4(C)CC[C@@H]1[C@]32OO4. The zero-order valence-corrected chi connectivity index (χ0v) is 26.5. The standard InChI is InChI=1S/C33H35F9N2O5/c1-16-9-10-21-19(27(33(40,41)42)46-28-30(21)20(16)11-12-29(2,47-28)48-49-30)15-44-13-4-3-8-23(44)26(45)18-14-24(32(37,38)39)43-25-17(18)6-5-7-22(25)31(34,35)36/h5-7,14,16,20-21,23,26,28,45H,3-4,8-13,15H2,1-2H3/t16-,20+,21+,23?,26-,28-,29-,30-/m1/s1. The maximum absolute atomic E-state index is 14.8. The third-order valence-corrected chi connectivity index (χ3v) is 11.1. The first-order chi connectivity index (χ1) is 22.8. The van der Waals surface area contributed by atoms with E-state index in [-0.39, 0.29) is 48.7 Å². The quantitative estimate of drug-likeness (QED) is 0.253. The third-order valence-electron chi connectivity index (χ3n) is 11.1. The summed E-state index contributed by atoms with van der Waals surface area (Å²) in [5.41, 5.74) is -6.01. The van der Waals surface area contributed by atoms with Gasteiger partial charge in [0.15, 0.2) is 5.60 Å². The Balaban J connectivity index is 1.31. The monoisotopic (exact) mass is 710 g/mol. The number of halogens is 9. The fraction of sp³-hybridized carbons (Fsp3) is 0.667. The molecule has 0 radical (unpaired) electrons. The van der Waals surface area contributed by atoms with Crippen LogP contribution in [0.4, 0.5) is 39.5 Å². The maximum atomic E-state index is 14.8. The molecule has 16 heteroatoms. The zero-order chi connectivity index (χ0) is 35.3. The first-order valence-electron chi connectivity index (χ1n) is 16.4. The predicted octanol–water partition coefficient (Wildman–Crippen LogP) is 8.22. The molecule has 1 unspecified atom stereocenters. The first kappa shape index (κ1) is 34.8. The van der Waals surface area contributed by atoms with Crippen molar-refractivity contribution in [1.82, 2.24) is 9.88 Å². The fourth-order valence-corrected chi connectivity index (χ4v) is 8.81. The van der Waals surface area contributed by atoms with E-state index in [0.29, 0.717) is 44.2 Å². The van der Waals surface area contributed by atoms with Crippen molar-refractivity contribution in [3.8, 4) is 0 Å². The second kappa shape index (κ2) is 11.7. The summed E-state index contributed by atoms with van der Waals surface area (Å²) in [6.07, 6.45) is -15.5. The summed E-state index contributed by atoms with van der Waals surface area (Å²) >= 11 is 0. The molecule has 2 bridgehead atoms. The van der Waals surface area contributed by atoms with Gasteiger partial charge in [0.1, 0.15) is 5.69 Å². The van der Waals surface area contributed by atoms with Crippen molar-refractivity contribution in [2.75, 3.05) is 13.1 Å². The molecule has 1 aromatic carbocycles. The van der Waals surface area contributed by atoms with Crippen LogP contribution in [0.15, 0.2) is 35.6 Å². The van der Waals surface area contributed by atoms with Crippen LogP contribution in [0.1, 0.15) is 81.7 Å².